The number of benzene rings is 2. The van der Waals surface area contributed by atoms with E-state index in [0.29, 0.717) is 6.54 Å². The van der Waals surface area contributed by atoms with E-state index in [1.54, 1.807) is 0 Å². The molecule has 4 rings (SSSR count). The standard InChI is InChI=1S/C20H23N5O/c26-20(18-13-17(23-24-18)15-7-2-1-3-8-15)21-11-6-12-25-14-22-16-9-4-5-10-19(16)25/h1-5,7-10,14,17-18,23-24H,6,11-13H2,(H,21,26). The van der Waals surface area contributed by atoms with Gasteiger partial charge >= 0.3 is 0 Å². The summed E-state index contributed by atoms with van der Waals surface area (Å²) in [5.74, 6) is 0.0476. The summed E-state index contributed by atoms with van der Waals surface area (Å²) < 4.78 is 2.13. The second-order valence-electron chi connectivity index (χ2n) is 6.61. The first kappa shape index (κ1) is 16.8. The molecule has 0 radical (unpaired) electrons. The molecule has 1 aromatic heterocycles. The average molecular weight is 349 g/mol. The van der Waals surface area contributed by atoms with Gasteiger partial charge in [0.1, 0.15) is 6.04 Å². The molecule has 1 aliphatic rings. The van der Waals surface area contributed by atoms with Crippen LogP contribution in [0.15, 0.2) is 60.9 Å². The molecule has 6 nitrogen and oxygen atoms in total. The molecule has 0 saturated carbocycles. The molecular formula is C20H23N5O. The number of fused-ring (bicyclic) bond motifs is 1. The van der Waals surface area contributed by atoms with Crippen LogP contribution in [0.4, 0.5) is 0 Å². The van der Waals surface area contributed by atoms with Crippen molar-refractivity contribution in [3.05, 3.63) is 66.5 Å². The Balaban J connectivity index is 1.23. The van der Waals surface area contributed by atoms with Gasteiger partial charge in [0, 0.05) is 19.1 Å². The van der Waals surface area contributed by atoms with Gasteiger partial charge in [-0.3, -0.25) is 4.79 Å². The van der Waals surface area contributed by atoms with E-state index in [4.69, 9.17) is 0 Å². The molecule has 1 amide bonds. The van der Waals surface area contributed by atoms with Crippen LogP contribution in [0.3, 0.4) is 0 Å². The van der Waals surface area contributed by atoms with Crippen LogP contribution in [-0.4, -0.2) is 28.0 Å². The highest BCUT2D eigenvalue weighted by molar-refractivity contribution is 5.82. The fourth-order valence-electron chi connectivity index (χ4n) is 3.40. The number of rotatable bonds is 6. The molecule has 3 aromatic rings. The highest BCUT2D eigenvalue weighted by Gasteiger charge is 2.29. The molecule has 2 unspecified atom stereocenters. The third-order valence-corrected chi connectivity index (χ3v) is 4.82. The van der Waals surface area contributed by atoms with Crippen molar-refractivity contribution >= 4 is 16.9 Å². The number of nitrogens with one attached hydrogen (secondary N) is 3. The molecule has 2 atom stereocenters. The Morgan fingerprint density at radius 1 is 1.12 bits per heavy atom. The molecule has 3 N–H and O–H groups in total. The van der Waals surface area contributed by atoms with Gasteiger partial charge in [-0.1, -0.05) is 42.5 Å². The van der Waals surface area contributed by atoms with Crippen LogP contribution in [-0.2, 0) is 11.3 Å². The van der Waals surface area contributed by atoms with Crippen molar-refractivity contribution in [2.45, 2.75) is 31.5 Å². The fraction of sp³-hybridized carbons (Fsp3) is 0.300. The number of carbonyl (C=O) groups excluding carboxylic acids is 1. The van der Waals surface area contributed by atoms with Crippen molar-refractivity contribution in [2.24, 2.45) is 0 Å². The Morgan fingerprint density at radius 2 is 1.92 bits per heavy atom. The Morgan fingerprint density at radius 3 is 2.81 bits per heavy atom. The van der Waals surface area contributed by atoms with E-state index in [-0.39, 0.29) is 18.0 Å². The minimum absolute atomic E-state index is 0.0476. The lowest BCUT2D eigenvalue weighted by atomic mass is 10.0. The third-order valence-electron chi connectivity index (χ3n) is 4.82. The molecule has 1 fully saturated rings. The number of para-hydroxylation sites is 2. The van der Waals surface area contributed by atoms with E-state index in [1.165, 1.54) is 5.56 Å². The maximum Gasteiger partial charge on any atom is 0.238 e. The lowest BCUT2D eigenvalue weighted by Crippen LogP contribution is -2.43. The van der Waals surface area contributed by atoms with Crippen LogP contribution in [0.1, 0.15) is 24.4 Å². The quantitative estimate of drug-likeness (QED) is 0.597. The number of amides is 1. The highest BCUT2D eigenvalue weighted by Crippen LogP contribution is 2.21. The van der Waals surface area contributed by atoms with Crippen LogP contribution in [0.5, 0.6) is 0 Å². The van der Waals surface area contributed by atoms with E-state index in [9.17, 15) is 4.79 Å². The average Bonchev–Trinajstić information content (AvgIpc) is 3.33. The van der Waals surface area contributed by atoms with Gasteiger partial charge in [-0.2, -0.15) is 0 Å². The molecule has 0 aliphatic carbocycles. The summed E-state index contributed by atoms with van der Waals surface area (Å²) >= 11 is 0. The lowest BCUT2D eigenvalue weighted by molar-refractivity contribution is -0.122. The Labute approximate surface area is 152 Å². The summed E-state index contributed by atoms with van der Waals surface area (Å²) in [4.78, 5) is 16.8. The van der Waals surface area contributed by atoms with Gasteiger partial charge in [0.25, 0.3) is 0 Å². The summed E-state index contributed by atoms with van der Waals surface area (Å²) in [6.45, 7) is 1.49. The van der Waals surface area contributed by atoms with Crippen molar-refractivity contribution in [1.82, 2.24) is 25.7 Å². The predicted octanol–water partition coefficient (Wildman–Crippen LogP) is 2.15. The van der Waals surface area contributed by atoms with Crippen molar-refractivity contribution in [1.29, 1.82) is 0 Å². The molecular weight excluding hydrogens is 326 g/mol. The fourth-order valence-corrected chi connectivity index (χ4v) is 3.40. The van der Waals surface area contributed by atoms with Gasteiger partial charge in [-0.15, -0.1) is 0 Å². The van der Waals surface area contributed by atoms with E-state index in [2.05, 4.69) is 43.9 Å². The van der Waals surface area contributed by atoms with E-state index in [1.807, 2.05) is 42.7 Å². The monoisotopic (exact) mass is 349 g/mol. The first-order valence-electron chi connectivity index (χ1n) is 9.05. The Bertz CT molecular complexity index is 876. The molecule has 134 valence electrons. The summed E-state index contributed by atoms with van der Waals surface area (Å²) in [6, 6.07) is 18.3. The van der Waals surface area contributed by atoms with Gasteiger partial charge in [0.15, 0.2) is 0 Å². The van der Waals surface area contributed by atoms with Crippen molar-refractivity contribution in [3.63, 3.8) is 0 Å². The second-order valence-corrected chi connectivity index (χ2v) is 6.61. The smallest absolute Gasteiger partial charge is 0.238 e. The van der Waals surface area contributed by atoms with E-state index in [0.717, 1.165) is 30.4 Å². The molecule has 2 heterocycles. The van der Waals surface area contributed by atoms with Crippen LogP contribution in [0.2, 0.25) is 0 Å². The number of carbonyl (C=O) groups is 1. The molecule has 0 spiro atoms. The largest absolute Gasteiger partial charge is 0.355 e. The summed E-state index contributed by atoms with van der Waals surface area (Å²) in [5.41, 5.74) is 9.65. The molecule has 1 aliphatic heterocycles. The predicted molar refractivity (Wildman–Crippen MR) is 101 cm³/mol. The number of hydrogen-bond donors (Lipinski definition) is 3. The highest BCUT2D eigenvalue weighted by atomic mass is 16.2. The molecule has 2 aromatic carbocycles. The van der Waals surface area contributed by atoms with Crippen LogP contribution < -0.4 is 16.2 Å². The van der Waals surface area contributed by atoms with Crippen molar-refractivity contribution < 1.29 is 4.79 Å². The normalized spacial score (nSPS) is 19.7. The maximum atomic E-state index is 12.4. The maximum absolute atomic E-state index is 12.4. The van der Waals surface area contributed by atoms with Crippen LogP contribution in [0, 0.1) is 0 Å². The number of aryl methyl sites for hydroxylation is 1. The van der Waals surface area contributed by atoms with Gasteiger partial charge in [0.2, 0.25) is 5.91 Å². The van der Waals surface area contributed by atoms with E-state index >= 15 is 0 Å². The van der Waals surface area contributed by atoms with Gasteiger partial charge in [0.05, 0.1) is 17.4 Å². The molecule has 1 saturated heterocycles. The lowest BCUT2D eigenvalue weighted by Gasteiger charge is -2.11. The molecule has 6 heteroatoms. The first-order valence-corrected chi connectivity index (χ1v) is 9.05. The zero-order chi connectivity index (χ0) is 17.8. The summed E-state index contributed by atoms with van der Waals surface area (Å²) in [5, 5.41) is 3.03. The van der Waals surface area contributed by atoms with Gasteiger partial charge in [-0.25, -0.2) is 15.8 Å². The zero-order valence-electron chi connectivity index (χ0n) is 14.6. The van der Waals surface area contributed by atoms with Gasteiger partial charge < -0.3 is 9.88 Å². The van der Waals surface area contributed by atoms with Crippen molar-refractivity contribution in [2.75, 3.05) is 6.54 Å². The minimum atomic E-state index is -0.200. The zero-order valence-corrected chi connectivity index (χ0v) is 14.6. The van der Waals surface area contributed by atoms with Crippen LogP contribution >= 0.6 is 0 Å². The Kier molecular flexibility index (Phi) is 4.95. The van der Waals surface area contributed by atoms with E-state index < -0.39 is 0 Å². The second kappa shape index (κ2) is 7.68. The molecule has 0 bridgehead atoms. The number of aromatic nitrogens is 2. The number of imidazole rings is 1. The topological polar surface area (TPSA) is 71.0 Å². The Hall–Kier alpha value is -2.70. The summed E-state index contributed by atoms with van der Waals surface area (Å²) in [7, 11) is 0. The number of nitrogens with zero attached hydrogens (tertiary/aromatic N) is 2. The SMILES string of the molecule is O=C(NCCCn1cnc2ccccc21)C1CC(c2ccccc2)NN1. The van der Waals surface area contributed by atoms with Crippen molar-refractivity contribution in [3.8, 4) is 0 Å². The third kappa shape index (κ3) is 3.61. The number of hydrogen-bond acceptors (Lipinski definition) is 4. The van der Waals surface area contributed by atoms with Crippen LogP contribution in [0.25, 0.3) is 11.0 Å². The summed E-state index contributed by atoms with van der Waals surface area (Å²) in [6.07, 6.45) is 3.48. The molecule has 26 heavy (non-hydrogen) atoms. The van der Waals surface area contributed by atoms with Gasteiger partial charge in [-0.05, 0) is 30.5 Å². The minimum Gasteiger partial charge on any atom is -0.355 e. The first-order chi connectivity index (χ1) is 12.8. The number of hydrazine groups is 1.